The number of allylic oxidation sites excluding steroid dienone is 3. The Labute approximate surface area is 184 Å². The topological polar surface area (TPSA) is 79.5 Å². The summed E-state index contributed by atoms with van der Waals surface area (Å²) >= 11 is 0. The van der Waals surface area contributed by atoms with Gasteiger partial charge in [0.25, 0.3) is 0 Å². The third-order valence-corrected chi connectivity index (χ3v) is 4.68. The summed E-state index contributed by atoms with van der Waals surface area (Å²) in [5, 5.41) is 3.37. The van der Waals surface area contributed by atoms with Gasteiger partial charge in [-0.15, -0.1) is 5.16 Å². The largest absolute Gasteiger partial charge is 0.392 e. The Morgan fingerprint density at radius 3 is 3.03 bits per heavy atom. The van der Waals surface area contributed by atoms with Gasteiger partial charge in [0, 0.05) is 46.1 Å². The zero-order chi connectivity index (χ0) is 22.5. The third kappa shape index (κ3) is 7.79. The predicted octanol–water partition coefficient (Wildman–Crippen LogP) is 3.63. The van der Waals surface area contributed by atoms with Gasteiger partial charge in [0.2, 0.25) is 0 Å². The van der Waals surface area contributed by atoms with Crippen LogP contribution in [0.15, 0.2) is 40.8 Å². The minimum atomic E-state index is -0.813. The molecule has 8 heteroatoms. The van der Waals surface area contributed by atoms with E-state index >= 15 is 0 Å². The maximum absolute atomic E-state index is 6.11. The molecule has 1 aliphatic heterocycles. The number of ether oxygens (including phenoxy) is 3. The molecule has 2 heterocycles. The Balaban J connectivity index is 2.32. The average molecular weight is 429 g/mol. The number of hydrogen-bond donors (Lipinski definition) is 0. The molecule has 31 heavy (non-hydrogen) atoms. The third-order valence-electron chi connectivity index (χ3n) is 4.68. The van der Waals surface area contributed by atoms with Crippen LogP contribution < -0.4 is 0 Å². The minimum absolute atomic E-state index is 0.214. The highest BCUT2D eigenvalue weighted by Gasteiger charge is 2.22. The van der Waals surface area contributed by atoms with E-state index in [1.807, 2.05) is 42.8 Å². The Morgan fingerprint density at radius 2 is 2.35 bits per heavy atom. The summed E-state index contributed by atoms with van der Waals surface area (Å²) in [6.45, 7) is 8.14. The number of methoxy groups -OCH3 is 1. The molecule has 3 atom stereocenters. The SMILES string of the molecule is C=NOC/C=C/C=C(/C#CC(C)(C=NC)OC)n1ccnc1[C@H](C)OC1CCCCO1. The predicted molar refractivity (Wildman–Crippen MR) is 122 cm³/mol. The van der Waals surface area contributed by atoms with Gasteiger partial charge in [-0.3, -0.25) is 9.56 Å². The molecule has 0 saturated carbocycles. The molecule has 1 aliphatic rings. The van der Waals surface area contributed by atoms with E-state index in [1.54, 1.807) is 26.6 Å². The number of oxime groups is 1. The van der Waals surface area contributed by atoms with Crippen LogP contribution >= 0.6 is 0 Å². The van der Waals surface area contributed by atoms with E-state index in [9.17, 15) is 0 Å². The molecule has 1 aromatic heterocycles. The highest BCUT2D eigenvalue weighted by Crippen LogP contribution is 2.24. The van der Waals surface area contributed by atoms with Gasteiger partial charge in [-0.1, -0.05) is 12.0 Å². The molecule has 1 saturated heterocycles. The van der Waals surface area contributed by atoms with Crippen molar-refractivity contribution in [3.05, 3.63) is 36.4 Å². The van der Waals surface area contributed by atoms with Crippen molar-refractivity contribution < 1.29 is 19.0 Å². The van der Waals surface area contributed by atoms with Crippen LogP contribution in [0.3, 0.4) is 0 Å². The quantitative estimate of drug-likeness (QED) is 0.187. The van der Waals surface area contributed by atoms with E-state index in [4.69, 9.17) is 19.0 Å². The van der Waals surface area contributed by atoms with Gasteiger partial charge in [0.1, 0.15) is 18.5 Å². The summed E-state index contributed by atoms with van der Waals surface area (Å²) in [5.41, 5.74) is -0.116. The second-order valence-electron chi connectivity index (χ2n) is 7.08. The summed E-state index contributed by atoms with van der Waals surface area (Å²) in [4.78, 5) is 13.4. The first-order chi connectivity index (χ1) is 15.0. The van der Waals surface area contributed by atoms with Crippen molar-refractivity contribution in [2.24, 2.45) is 10.1 Å². The number of hydrogen-bond acceptors (Lipinski definition) is 7. The Bertz CT molecular complexity index is 843. The molecule has 1 aromatic rings. The first kappa shape index (κ1) is 24.5. The first-order valence-corrected chi connectivity index (χ1v) is 10.3. The van der Waals surface area contributed by atoms with Crippen molar-refractivity contribution in [3.8, 4) is 11.8 Å². The lowest BCUT2D eigenvalue weighted by molar-refractivity contribution is -0.187. The number of rotatable bonds is 10. The summed E-state index contributed by atoms with van der Waals surface area (Å²) in [6.07, 6.45) is 13.3. The number of aromatic nitrogens is 2. The lowest BCUT2D eigenvalue weighted by atomic mass is 10.1. The lowest BCUT2D eigenvalue weighted by Crippen LogP contribution is -2.27. The molecule has 2 unspecified atom stereocenters. The van der Waals surface area contributed by atoms with E-state index in [1.165, 1.54) is 0 Å². The molecule has 2 rings (SSSR count). The molecule has 0 spiro atoms. The van der Waals surface area contributed by atoms with Crippen molar-refractivity contribution in [2.75, 3.05) is 27.4 Å². The second-order valence-corrected chi connectivity index (χ2v) is 7.08. The summed E-state index contributed by atoms with van der Waals surface area (Å²) in [5.74, 6) is 7.06. The van der Waals surface area contributed by atoms with Crippen molar-refractivity contribution in [1.82, 2.24) is 9.55 Å². The van der Waals surface area contributed by atoms with Gasteiger partial charge in [0.05, 0.1) is 5.70 Å². The molecule has 8 nitrogen and oxygen atoms in total. The van der Waals surface area contributed by atoms with Crippen LogP contribution in [-0.4, -0.2) is 61.7 Å². The normalized spacial score (nSPS) is 20.3. The molecule has 0 N–H and O–H groups in total. The van der Waals surface area contributed by atoms with Gasteiger partial charge in [0.15, 0.2) is 11.9 Å². The molecular weight excluding hydrogens is 396 g/mol. The number of imidazole rings is 1. The molecule has 0 aliphatic carbocycles. The lowest BCUT2D eigenvalue weighted by Gasteiger charge is -2.26. The zero-order valence-corrected chi connectivity index (χ0v) is 18.8. The fourth-order valence-corrected chi connectivity index (χ4v) is 2.99. The standard InChI is InChI=1S/C23H32N4O4/c1-19(31-21-11-7-8-16-29-21)22-26-14-15-27(22)20(10-6-9-17-30-25-4)12-13-23(2,28-5)18-24-3/h6,9-10,14-15,18-19,21H,4,7-8,11,16-17H2,1-3,5H3/b9-6+,20-10-,24-18?/t19-,21?,23?/m0/s1. The number of aliphatic imine (C=N–C) groups is 1. The molecule has 0 aromatic carbocycles. The summed E-state index contributed by atoms with van der Waals surface area (Å²) < 4.78 is 19.2. The minimum Gasteiger partial charge on any atom is -0.392 e. The summed E-state index contributed by atoms with van der Waals surface area (Å²) in [6, 6.07) is 0. The van der Waals surface area contributed by atoms with Gasteiger partial charge >= 0.3 is 0 Å². The Kier molecular flexibility index (Phi) is 10.2. The Morgan fingerprint density at radius 1 is 1.52 bits per heavy atom. The molecule has 0 amide bonds. The highest BCUT2D eigenvalue weighted by molar-refractivity contribution is 5.76. The van der Waals surface area contributed by atoms with Crippen LogP contribution in [0.2, 0.25) is 0 Å². The van der Waals surface area contributed by atoms with Gasteiger partial charge in [-0.25, -0.2) is 4.98 Å². The maximum atomic E-state index is 6.11. The smallest absolute Gasteiger partial charge is 0.160 e. The van der Waals surface area contributed by atoms with E-state index < -0.39 is 5.60 Å². The molecule has 0 bridgehead atoms. The fourth-order valence-electron chi connectivity index (χ4n) is 2.99. The monoisotopic (exact) mass is 428 g/mol. The zero-order valence-electron chi connectivity index (χ0n) is 18.8. The van der Waals surface area contributed by atoms with E-state index in [0.717, 1.165) is 31.7 Å². The fraction of sp³-hybridized carbons (Fsp3) is 0.522. The van der Waals surface area contributed by atoms with Gasteiger partial charge in [-0.2, -0.15) is 0 Å². The van der Waals surface area contributed by atoms with E-state index in [2.05, 4.69) is 33.7 Å². The van der Waals surface area contributed by atoms with Crippen LogP contribution in [0.4, 0.5) is 0 Å². The first-order valence-electron chi connectivity index (χ1n) is 10.3. The second kappa shape index (κ2) is 12.8. The van der Waals surface area contributed by atoms with Crippen LogP contribution in [-0.2, 0) is 19.0 Å². The van der Waals surface area contributed by atoms with Crippen LogP contribution in [0.1, 0.15) is 45.0 Å². The van der Waals surface area contributed by atoms with Crippen molar-refractivity contribution in [1.29, 1.82) is 0 Å². The van der Waals surface area contributed by atoms with Gasteiger partial charge in [-0.05, 0) is 51.2 Å². The van der Waals surface area contributed by atoms with E-state index in [-0.39, 0.29) is 12.4 Å². The number of nitrogens with zero attached hydrogens (tertiary/aromatic N) is 4. The average Bonchev–Trinajstić information content (AvgIpc) is 3.26. The van der Waals surface area contributed by atoms with Crippen molar-refractivity contribution in [2.45, 2.75) is 51.1 Å². The van der Waals surface area contributed by atoms with Crippen LogP contribution in [0.25, 0.3) is 5.70 Å². The van der Waals surface area contributed by atoms with Crippen molar-refractivity contribution >= 4 is 18.6 Å². The molecule has 1 fully saturated rings. The van der Waals surface area contributed by atoms with Crippen LogP contribution in [0.5, 0.6) is 0 Å². The molecular formula is C23H32N4O4. The highest BCUT2D eigenvalue weighted by atomic mass is 16.7. The Hall–Kier alpha value is -2.73. The van der Waals surface area contributed by atoms with Crippen LogP contribution in [0, 0.1) is 11.8 Å². The summed E-state index contributed by atoms with van der Waals surface area (Å²) in [7, 11) is 3.29. The van der Waals surface area contributed by atoms with E-state index in [0.29, 0.717) is 12.3 Å². The molecule has 168 valence electrons. The molecule has 0 radical (unpaired) electrons. The maximum Gasteiger partial charge on any atom is 0.160 e. The van der Waals surface area contributed by atoms with Crippen molar-refractivity contribution in [3.63, 3.8) is 0 Å². The van der Waals surface area contributed by atoms with Gasteiger partial charge < -0.3 is 19.0 Å².